The van der Waals surface area contributed by atoms with E-state index in [1.54, 1.807) is 0 Å². The van der Waals surface area contributed by atoms with Crippen molar-refractivity contribution in [1.82, 2.24) is 4.90 Å². The van der Waals surface area contributed by atoms with Crippen molar-refractivity contribution in [3.8, 4) is 0 Å². The molecule has 0 radical (unpaired) electrons. The van der Waals surface area contributed by atoms with E-state index in [2.05, 4.69) is 72.7 Å². The number of carbonyl (C=O) groups is 2. The third-order valence-electron chi connectivity index (χ3n) is 6.85. The van der Waals surface area contributed by atoms with E-state index in [9.17, 15) is 9.59 Å². The minimum Gasteiger partial charge on any atom is -0.275 e. The van der Waals surface area contributed by atoms with Crippen LogP contribution in [0.15, 0.2) is 36.4 Å². The van der Waals surface area contributed by atoms with E-state index in [1.807, 2.05) is 0 Å². The summed E-state index contributed by atoms with van der Waals surface area (Å²) in [5.41, 5.74) is 3.41. The molecule has 0 saturated carbocycles. The lowest BCUT2D eigenvalue weighted by Gasteiger charge is -2.30. The van der Waals surface area contributed by atoms with E-state index in [4.69, 9.17) is 0 Å². The number of imide groups is 1. The predicted molar refractivity (Wildman–Crippen MR) is 130 cm³/mol. The second-order valence-electron chi connectivity index (χ2n) is 11.4. The molecular formula is C28H43NO2. The monoisotopic (exact) mass is 425 g/mol. The Morgan fingerprint density at radius 2 is 1.32 bits per heavy atom. The molecule has 3 heteroatoms. The van der Waals surface area contributed by atoms with E-state index in [1.165, 1.54) is 41.0 Å². The molecule has 0 spiro atoms. The molecule has 2 unspecified atom stereocenters. The Morgan fingerprint density at radius 1 is 0.806 bits per heavy atom. The maximum atomic E-state index is 11.8. The Morgan fingerprint density at radius 3 is 1.87 bits per heavy atom. The molecule has 0 aromatic heterocycles. The van der Waals surface area contributed by atoms with Crippen LogP contribution in [0, 0.1) is 22.7 Å². The molecule has 1 aromatic carbocycles. The van der Waals surface area contributed by atoms with Gasteiger partial charge in [0.05, 0.1) is 0 Å². The summed E-state index contributed by atoms with van der Waals surface area (Å²) in [5, 5.41) is 0. The Hall–Kier alpha value is -1.90. The molecule has 0 aliphatic carbocycles. The van der Waals surface area contributed by atoms with Gasteiger partial charge in [-0.2, -0.15) is 0 Å². The molecule has 1 heterocycles. The topological polar surface area (TPSA) is 37.4 Å². The van der Waals surface area contributed by atoms with E-state index >= 15 is 0 Å². The van der Waals surface area contributed by atoms with Crippen LogP contribution in [0.25, 0.3) is 0 Å². The van der Waals surface area contributed by atoms with Crippen molar-refractivity contribution in [2.24, 2.45) is 22.7 Å². The van der Waals surface area contributed by atoms with Gasteiger partial charge in [-0.15, -0.1) is 0 Å². The van der Waals surface area contributed by atoms with Gasteiger partial charge in [0.2, 0.25) is 0 Å². The van der Waals surface area contributed by atoms with E-state index < -0.39 is 0 Å². The van der Waals surface area contributed by atoms with Crippen LogP contribution >= 0.6 is 0 Å². The smallest absolute Gasteiger partial charge is 0.253 e. The van der Waals surface area contributed by atoms with Crippen LogP contribution in [-0.4, -0.2) is 23.3 Å². The van der Waals surface area contributed by atoms with E-state index in [0.717, 1.165) is 25.7 Å². The fourth-order valence-electron chi connectivity index (χ4n) is 4.92. The van der Waals surface area contributed by atoms with Crippen LogP contribution in [0.1, 0.15) is 85.3 Å². The molecule has 2 atom stereocenters. The highest BCUT2D eigenvalue weighted by Gasteiger charge is 2.28. The highest BCUT2D eigenvalue weighted by molar-refractivity contribution is 6.12. The van der Waals surface area contributed by atoms with E-state index in [-0.39, 0.29) is 17.2 Å². The number of aryl methyl sites for hydroxylation is 1. The quantitative estimate of drug-likeness (QED) is 0.354. The van der Waals surface area contributed by atoms with Crippen molar-refractivity contribution in [3.05, 3.63) is 47.5 Å². The van der Waals surface area contributed by atoms with Crippen molar-refractivity contribution in [3.63, 3.8) is 0 Å². The van der Waals surface area contributed by atoms with Crippen LogP contribution < -0.4 is 0 Å². The molecule has 1 aliphatic rings. The Kier molecular flexibility index (Phi) is 8.68. The number of benzene rings is 1. The molecule has 0 saturated heterocycles. The standard InChI is InChI=1S/C28H43NO2/c1-8-27(4,5)18-21(2)17-24-11-9-23(10-12-24)15-16-28(6,7)19-22(3)20-29-25(30)13-14-26(29)31/h9-14,21-22H,8,15-20H2,1-7H3. The van der Waals surface area contributed by atoms with Crippen molar-refractivity contribution in [2.75, 3.05) is 6.54 Å². The highest BCUT2D eigenvalue weighted by atomic mass is 16.2. The predicted octanol–water partition coefficient (Wildman–Crippen LogP) is 6.60. The SMILES string of the molecule is CCC(C)(C)CC(C)Cc1ccc(CCC(C)(C)CC(C)CN2C(=O)C=CC2=O)cc1. The van der Waals surface area contributed by atoms with Crippen molar-refractivity contribution in [1.29, 1.82) is 0 Å². The second-order valence-corrected chi connectivity index (χ2v) is 11.4. The summed E-state index contributed by atoms with van der Waals surface area (Å²) < 4.78 is 0. The van der Waals surface area contributed by atoms with Crippen LogP contribution in [0.2, 0.25) is 0 Å². The minimum atomic E-state index is -0.178. The Bertz CT molecular complexity index is 755. The van der Waals surface area contributed by atoms with Crippen LogP contribution in [-0.2, 0) is 22.4 Å². The molecule has 1 aromatic rings. The summed E-state index contributed by atoms with van der Waals surface area (Å²) in [7, 11) is 0. The van der Waals surface area contributed by atoms with Gasteiger partial charge in [0.15, 0.2) is 0 Å². The molecule has 0 N–H and O–H groups in total. The highest BCUT2D eigenvalue weighted by Crippen LogP contribution is 2.32. The van der Waals surface area contributed by atoms with Gasteiger partial charge < -0.3 is 0 Å². The lowest BCUT2D eigenvalue weighted by atomic mass is 9.78. The van der Waals surface area contributed by atoms with Gasteiger partial charge in [-0.05, 0) is 65.9 Å². The summed E-state index contributed by atoms with van der Waals surface area (Å²) in [6.07, 6.45) is 9.53. The zero-order valence-corrected chi connectivity index (χ0v) is 20.8. The second kappa shape index (κ2) is 10.6. The molecular weight excluding hydrogens is 382 g/mol. The number of hydrogen-bond acceptors (Lipinski definition) is 2. The molecule has 3 nitrogen and oxygen atoms in total. The summed E-state index contributed by atoms with van der Waals surface area (Å²) in [4.78, 5) is 24.9. The van der Waals surface area contributed by atoms with Crippen molar-refractivity contribution in [2.45, 2.75) is 87.0 Å². The van der Waals surface area contributed by atoms with Gasteiger partial charge in [-0.25, -0.2) is 0 Å². The summed E-state index contributed by atoms with van der Waals surface area (Å²) >= 11 is 0. The molecule has 0 fully saturated rings. The minimum absolute atomic E-state index is 0.164. The summed E-state index contributed by atoms with van der Waals surface area (Å²) in [6.45, 7) is 16.6. The van der Waals surface area contributed by atoms with Crippen LogP contribution in [0.3, 0.4) is 0 Å². The lowest BCUT2D eigenvalue weighted by molar-refractivity contribution is -0.137. The zero-order chi connectivity index (χ0) is 23.2. The first-order valence-corrected chi connectivity index (χ1v) is 12.0. The Labute approximate surface area is 190 Å². The first kappa shape index (κ1) is 25.4. The molecule has 2 rings (SSSR count). The lowest BCUT2D eigenvalue weighted by Crippen LogP contribution is -2.35. The Balaban J connectivity index is 1.80. The maximum Gasteiger partial charge on any atom is 0.253 e. The third kappa shape index (κ3) is 8.27. The van der Waals surface area contributed by atoms with Crippen LogP contribution in [0.4, 0.5) is 0 Å². The largest absolute Gasteiger partial charge is 0.275 e. The van der Waals surface area contributed by atoms with Gasteiger partial charge in [0, 0.05) is 18.7 Å². The van der Waals surface area contributed by atoms with Gasteiger partial charge in [-0.1, -0.05) is 79.2 Å². The molecule has 0 bridgehead atoms. The molecule has 31 heavy (non-hydrogen) atoms. The average Bonchev–Trinajstić information content (AvgIpc) is 2.98. The fraction of sp³-hybridized carbons (Fsp3) is 0.643. The first-order chi connectivity index (χ1) is 14.4. The van der Waals surface area contributed by atoms with Crippen LogP contribution in [0.5, 0.6) is 0 Å². The number of rotatable bonds is 12. The van der Waals surface area contributed by atoms with Gasteiger partial charge in [0.25, 0.3) is 11.8 Å². The number of nitrogens with zero attached hydrogens (tertiary/aromatic N) is 1. The molecule has 172 valence electrons. The van der Waals surface area contributed by atoms with Gasteiger partial charge >= 0.3 is 0 Å². The zero-order valence-electron chi connectivity index (χ0n) is 20.8. The number of hydrogen-bond donors (Lipinski definition) is 0. The van der Waals surface area contributed by atoms with E-state index in [0.29, 0.717) is 23.8 Å². The average molecular weight is 426 g/mol. The normalized spacial score (nSPS) is 16.8. The number of amides is 2. The molecule has 1 aliphatic heterocycles. The third-order valence-corrected chi connectivity index (χ3v) is 6.85. The van der Waals surface area contributed by atoms with Gasteiger partial charge in [0.1, 0.15) is 0 Å². The molecule has 2 amide bonds. The first-order valence-electron chi connectivity index (χ1n) is 12.0. The maximum absolute atomic E-state index is 11.8. The van der Waals surface area contributed by atoms with Crippen molar-refractivity contribution >= 4 is 11.8 Å². The number of carbonyl (C=O) groups excluding carboxylic acids is 2. The summed E-state index contributed by atoms with van der Waals surface area (Å²) in [6, 6.07) is 9.19. The fourth-order valence-corrected chi connectivity index (χ4v) is 4.92. The summed E-state index contributed by atoms with van der Waals surface area (Å²) in [5.74, 6) is 0.634. The van der Waals surface area contributed by atoms with Crippen molar-refractivity contribution < 1.29 is 9.59 Å². The van der Waals surface area contributed by atoms with Gasteiger partial charge in [-0.3, -0.25) is 14.5 Å².